The van der Waals surface area contributed by atoms with E-state index in [1.54, 1.807) is 0 Å². The van der Waals surface area contributed by atoms with E-state index in [-0.39, 0.29) is 24.8 Å². The number of anilines is 2. The first-order chi connectivity index (χ1) is 16.8. The van der Waals surface area contributed by atoms with Crippen molar-refractivity contribution < 1.29 is 0 Å². The third-order valence-corrected chi connectivity index (χ3v) is 9.03. The van der Waals surface area contributed by atoms with Crippen LogP contribution in [0.3, 0.4) is 0 Å². The average Bonchev–Trinajstić information content (AvgIpc) is 2.92. The molecule has 6 heterocycles. The van der Waals surface area contributed by atoms with Crippen LogP contribution in [0.1, 0.15) is 51.4 Å². The minimum Gasteiger partial charge on any atom is -0.371 e. The molecule has 0 atom stereocenters. The quantitative estimate of drug-likeness (QED) is 0.568. The fourth-order valence-corrected chi connectivity index (χ4v) is 6.50. The molecule has 0 aromatic carbocycles. The number of nitrogens with zero attached hydrogens (tertiary/aromatic N) is 4. The molecule has 2 aromatic heterocycles. The maximum Gasteiger partial charge on any atom is 0.0397 e. The maximum absolute atomic E-state index is 4.09. The summed E-state index contributed by atoms with van der Waals surface area (Å²) >= 11 is 0. The standard InChI is InChI=1S/2C14H21N3.2ClH/c2*1-7-15-8-2-13(1)17-11-5-14(6-12-17)3-9-16-10-4-14;;/h2*1-2,7-8,16H,3-6,9-12H2;2*1H. The summed E-state index contributed by atoms with van der Waals surface area (Å²) in [6, 6.07) is 8.50. The van der Waals surface area contributed by atoms with Gasteiger partial charge < -0.3 is 20.4 Å². The minimum absolute atomic E-state index is 0. The first kappa shape index (κ1) is 29.0. The van der Waals surface area contributed by atoms with E-state index in [1.165, 1.54) is 115 Å². The van der Waals surface area contributed by atoms with Gasteiger partial charge in [0, 0.05) is 62.3 Å². The van der Waals surface area contributed by atoms with Gasteiger partial charge in [-0.1, -0.05) is 0 Å². The molecule has 4 aliphatic heterocycles. The van der Waals surface area contributed by atoms with Gasteiger partial charge in [-0.3, -0.25) is 9.97 Å². The van der Waals surface area contributed by atoms with Crippen LogP contribution in [0.4, 0.5) is 11.4 Å². The van der Waals surface area contributed by atoms with Crippen molar-refractivity contribution >= 4 is 36.2 Å². The zero-order valence-electron chi connectivity index (χ0n) is 21.5. The van der Waals surface area contributed by atoms with Crippen molar-refractivity contribution in [2.75, 3.05) is 62.2 Å². The lowest BCUT2D eigenvalue weighted by atomic mass is 9.71. The lowest BCUT2D eigenvalue weighted by Crippen LogP contribution is -2.45. The molecule has 200 valence electrons. The topological polar surface area (TPSA) is 56.3 Å². The van der Waals surface area contributed by atoms with E-state index in [0.717, 1.165) is 0 Å². The first-order valence-corrected chi connectivity index (χ1v) is 13.5. The summed E-state index contributed by atoms with van der Waals surface area (Å²) in [5, 5.41) is 6.95. The van der Waals surface area contributed by atoms with Crippen molar-refractivity contribution in [1.82, 2.24) is 20.6 Å². The molecular weight excluding hydrogens is 491 g/mol. The van der Waals surface area contributed by atoms with Gasteiger partial charge in [0.15, 0.2) is 0 Å². The summed E-state index contributed by atoms with van der Waals surface area (Å²) in [4.78, 5) is 13.2. The minimum atomic E-state index is 0. The van der Waals surface area contributed by atoms with Crippen LogP contribution >= 0.6 is 24.8 Å². The summed E-state index contributed by atoms with van der Waals surface area (Å²) in [7, 11) is 0. The second-order valence-electron chi connectivity index (χ2n) is 10.9. The number of pyridine rings is 2. The second-order valence-corrected chi connectivity index (χ2v) is 10.9. The van der Waals surface area contributed by atoms with E-state index in [2.05, 4.69) is 54.7 Å². The Morgan fingerprint density at radius 2 is 0.806 bits per heavy atom. The molecule has 6 rings (SSSR count). The molecule has 4 fully saturated rings. The number of halogens is 2. The third kappa shape index (κ3) is 7.25. The van der Waals surface area contributed by atoms with Crippen molar-refractivity contribution in [3.8, 4) is 0 Å². The predicted molar refractivity (Wildman–Crippen MR) is 155 cm³/mol. The monoisotopic (exact) mass is 534 g/mol. The first-order valence-electron chi connectivity index (χ1n) is 13.5. The lowest BCUT2D eigenvalue weighted by molar-refractivity contribution is 0.155. The van der Waals surface area contributed by atoms with Gasteiger partial charge in [-0.15, -0.1) is 24.8 Å². The molecule has 4 saturated heterocycles. The van der Waals surface area contributed by atoms with Gasteiger partial charge >= 0.3 is 0 Å². The number of hydrogen-bond donors (Lipinski definition) is 2. The van der Waals surface area contributed by atoms with Gasteiger partial charge in [0.1, 0.15) is 0 Å². The SMILES string of the molecule is Cl.Cl.c1cc(N2CCC3(CCNCC3)CC2)ccn1.c1cc(N2CCC3(CCNCC3)CC2)ccn1. The number of nitrogens with one attached hydrogen (secondary N) is 2. The van der Waals surface area contributed by atoms with E-state index in [1.807, 2.05) is 24.8 Å². The Kier molecular flexibility index (Phi) is 11.1. The lowest BCUT2D eigenvalue weighted by Gasteiger charge is -2.45. The number of piperidine rings is 4. The fourth-order valence-electron chi connectivity index (χ4n) is 6.50. The van der Waals surface area contributed by atoms with E-state index >= 15 is 0 Å². The number of hydrogen-bond acceptors (Lipinski definition) is 6. The number of aromatic nitrogens is 2. The summed E-state index contributed by atoms with van der Waals surface area (Å²) < 4.78 is 0. The largest absolute Gasteiger partial charge is 0.371 e. The van der Waals surface area contributed by atoms with Crippen molar-refractivity contribution in [1.29, 1.82) is 0 Å². The highest BCUT2D eigenvalue weighted by Gasteiger charge is 2.36. The van der Waals surface area contributed by atoms with Crippen LogP contribution in [-0.4, -0.2) is 62.3 Å². The zero-order chi connectivity index (χ0) is 23.1. The van der Waals surface area contributed by atoms with E-state index in [4.69, 9.17) is 0 Å². The Morgan fingerprint density at radius 1 is 0.500 bits per heavy atom. The van der Waals surface area contributed by atoms with Crippen LogP contribution in [0, 0.1) is 10.8 Å². The summed E-state index contributed by atoms with van der Waals surface area (Å²) in [5.74, 6) is 0. The molecule has 0 radical (unpaired) electrons. The molecular formula is C28H44Cl2N6. The van der Waals surface area contributed by atoms with Gasteiger partial charge in [0.05, 0.1) is 0 Å². The third-order valence-electron chi connectivity index (χ3n) is 9.03. The van der Waals surface area contributed by atoms with Crippen molar-refractivity contribution in [3.63, 3.8) is 0 Å². The molecule has 36 heavy (non-hydrogen) atoms. The Labute approximate surface area is 229 Å². The number of rotatable bonds is 2. The van der Waals surface area contributed by atoms with Gasteiger partial charge in [-0.05, 0) is 113 Å². The van der Waals surface area contributed by atoms with Gasteiger partial charge in [-0.25, -0.2) is 0 Å². The van der Waals surface area contributed by atoms with Crippen molar-refractivity contribution in [2.45, 2.75) is 51.4 Å². The molecule has 6 nitrogen and oxygen atoms in total. The molecule has 0 bridgehead atoms. The highest BCUT2D eigenvalue weighted by Crippen LogP contribution is 2.41. The second kappa shape index (κ2) is 13.8. The maximum atomic E-state index is 4.09. The van der Waals surface area contributed by atoms with Gasteiger partial charge in [0.25, 0.3) is 0 Å². The smallest absolute Gasteiger partial charge is 0.0397 e. The van der Waals surface area contributed by atoms with Crippen LogP contribution in [0.5, 0.6) is 0 Å². The highest BCUT2D eigenvalue weighted by atomic mass is 35.5. The summed E-state index contributed by atoms with van der Waals surface area (Å²) in [6.45, 7) is 9.72. The van der Waals surface area contributed by atoms with E-state index in [9.17, 15) is 0 Å². The normalized spacial score (nSPS) is 22.6. The van der Waals surface area contributed by atoms with Crippen LogP contribution in [0.15, 0.2) is 49.1 Å². The summed E-state index contributed by atoms with van der Waals surface area (Å²) in [6.07, 6.45) is 18.5. The van der Waals surface area contributed by atoms with Crippen molar-refractivity contribution in [2.24, 2.45) is 10.8 Å². The molecule has 0 aliphatic carbocycles. The van der Waals surface area contributed by atoms with Crippen LogP contribution in [0.2, 0.25) is 0 Å². The van der Waals surface area contributed by atoms with Crippen LogP contribution in [0.25, 0.3) is 0 Å². The molecule has 2 aromatic rings. The Hall–Kier alpha value is -1.60. The van der Waals surface area contributed by atoms with Crippen molar-refractivity contribution in [3.05, 3.63) is 49.1 Å². The molecule has 0 amide bonds. The van der Waals surface area contributed by atoms with Gasteiger partial charge in [0.2, 0.25) is 0 Å². The average molecular weight is 536 g/mol. The van der Waals surface area contributed by atoms with E-state index < -0.39 is 0 Å². The Balaban J connectivity index is 0.000000190. The predicted octanol–water partition coefficient (Wildman–Crippen LogP) is 4.95. The molecule has 4 aliphatic rings. The Morgan fingerprint density at radius 3 is 1.11 bits per heavy atom. The Bertz CT molecular complexity index is 779. The molecule has 8 heteroatoms. The molecule has 0 unspecified atom stereocenters. The summed E-state index contributed by atoms with van der Waals surface area (Å²) in [5.41, 5.74) is 3.97. The van der Waals surface area contributed by atoms with E-state index in [0.29, 0.717) is 10.8 Å². The fraction of sp³-hybridized carbons (Fsp3) is 0.643. The van der Waals surface area contributed by atoms with Crippen LogP contribution in [-0.2, 0) is 0 Å². The molecule has 0 saturated carbocycles. The molecule has 2 spiro atoms. The highest BCUT2D eigenvalue weighted by molar-refractivity contribution is 5.85. The van der Waals surface area contributed by atoms with Gasteiger partial charge in [-0.2, -0.15) is 0 Å². The molecule has 2 N–H and O–H groups in total. The zero-order valence-corrected chi connectivity index (χ0v) is 23.2. The van der Waals surface area contributed by atoms with Crippen LogP contribution < -0.4 is 20.4 Å².